The van der Waals surface area contributed by atoms with Crippen molar-refractivity contribution in [3.8, 4) is 5.75 Å². The summed E-state index contributed by atoms with van der Waals surface area (Å²) in [6, 6.07) is 8.46. The zero-order valence-corrected chi connectivity index (χ0v) is 29.4. The van der Waals surface area contributed by atoms with Gasteiger partial charge in [0.1, 0.15) is 30.7 Å². The summed E-state index contributed by atoms with van der Waals surface area (Å²) in [4.78, 5) is 86.0. The average Bonchev–Trinajstić information content (AvgIpc) is 3.43. The van der Waals surface area contributed by atoms with Crippen LogP contribution in [0.25, 0.3) is 0 Å². The monoisotopic (exact) mass is 739 g/mol. The minimum atomic E-state index is -1.05. The van der Waals surface area contributed by atoms with Gasteiger partial charge in [0.25, 0.3) is 5.69 Å². The summed E-state index contributed by atoms with van der Waals surface area (Å²) >= 11 is 0. The Morgan fingerprint density at radius 3 is 2.26 bits per heavy atom. The molecule has 1 heterocycles. The van der Waals surface area contributed by atoms with E-state index in [1.54, 1.807) is 38.1 Å². The maximum absolute atomic E-state index is 13.4. The summed E-state index contributed by atoms with van der Waals surface area (Å²) < 4.78 is 10.1. The van der Waals surface area contributed by atoms with E-state index in [-0.39, 0.29) is 55.2 Å². The Hall–Kier alpha value is -6.04. The number of carbonyl (C=O) groups excluding carboxylic acids is 6. The Bertz CT molecular complexity index is 1630. The molecule has 0 saturated carbocycles. The molecule has 3 rings (SSSR count). The standard InChI is InChI=1S/C35H45N7O11/c1-22(2)31(40-28(43)8-4-3-5-20-41-29(44)17-18-30(41)45)33(47)39-27(7-6-19-37-34(36)48)32(46)38-24-11-9-23(10-12-24)21-52-35(49)53-26-15-13-25(14-16-26)42(50)51/h9-18,22,27,29,31,44H,3-8,19-21H2,1-2H3,(H,38,46)(H,39,47)(H,40,43)(H3,36,37,48)/t27-,29?,31+/m0/s1. The van der Waals surface area contributed by atoms with Crippen LogP contribution in [-0.4, -0.2) is 82.1 Å². The van der Waals surface area contributed by atoms with Gasteiger partial charge < -0.3 is 46.5 Å². The topological polar surface area (TPSA) is 262 Å². The van der Waals surface area contributed by atoms with Crippen LogP contribution in [0.15, 0.2) is 60.7 Å². The number of primary amides is 1. The highest BCUT2D eigenvalue weighted by Crippen LogP contribution is 2.19. The zero-order chi connectivity index (χ0) is 38.9. The van der Waals surface area contributed by atoms with Crippen LogP contribution in [0, 0.1) is 16.0 Å². The molecular formula is C35H45N7O11. The normalized spacial score (nSPS) is 14.6. The first-order valence-corrected chi connectivity index (χ1v) is 17.0. The predicted molar refractivity (Wildman–Crippen MR) is 190 cm³/mol. The van der Waals surface area contributed by atoms with Gasteiger partial charge >= 0.3 is 12.2 Å². The zero-order valence-electron chi connectivity index (χ0n) is 29.4. The molecule has 6 amide bonds. The molecule has 0 aliphatic carbocycles. The Kier molecular flexibility index (Phi) is 16.2. The fourth-order valence-corrected chi connectivity index (χ4v) is 5.13. The minimum Gasteiger partial charge on any atom is -0.429 e. The highest BCUT2D eigenvalue weighted by molar-refractivity contribution is 5.98. The fraction of sp³-hybridized carbons (Fsp3) is 0.429. The summed E-state index contributed by atoms with van der Waals surface area (Å²) in [7, 11) is 0. The molecule has 0 bridgehead atoms. The number of urea groups is 1. The number of nitrogens with one attached hydrogen (secondary N) is 4. The van der Waals surface area contributed by atoms with E-state index >= 15 is 0 Å². The molecule has 3 atom stereocenters. The van der Waals surface area contributed by atoms with E-state index in [4.69, 9.17) is 15.2 Å². The van der Waals surface area contributed by atoms with Gasteiger partial charge in [0.05, 0.1) is 4.92 Å². The third kappa shape index (κ3) is 14.2. The number of hydrogen-bond acceptors (Lipinski definition) is 11. The summed E-state index contributed by atoms with van der Waals surface area (Å²) in [5.74, 6) is -2.00. The van der Waals surface area contributed by atoms with Crippen molar-refractivity contribution in [1.82, 2.24) is 20.9 Å². The Morgan fingerprint density at radius 2 is 1.66 bits per heavy atom. The molecular weight excluding hydrogens is 694 g/mol. The fourth-order valence-electron chi connectivity index (χ4n) is 5.13. The molecule has 0 saturated heterocycles. The van der Waals surface area contributed by atoms with Crippen LogP contribution >= 0.6 is 0 Å². The third-order valence-corrected chi connectivity index (χ3v) is 8.01. The van der Waals surface area contributed by atoms with E-state index in [1.165, 1.54) is 41.3 Å². The lowest BCUT2D eigenvalue weighted by molar-refractivity contribution is -0.384. The van der Waals surface area contributed by atoms with Crippen LogP contribution in [0.2, 0.25) is 0 Å². The second kappa shape index (κ2) is 20.7. The number of nitrogens with zero attached hydrogens (tertiary/aromatic N) is 2. The lowest BCUT2D eigenvalue weighted by Crippen LogP contribution is -2.54. The van der Waals surface area contributed by atoms with Gasteiger partial charge in [-0.3, -0.25) is 29.3 Å². The Labute approximate surface area is 305 Å². The first-order valence-electron chi connectivity index (χ1n) is 17.0. The van der Waals surface area contributed by atoms with Crippen LogP contribution in [-0.2, 0) is 30.5 Å². The molecule has 7 N–H and O–H groups in total. The lowest BCUT2D eigenvalue weighted by atomic mass is 10.0. The van der Waals surface area contributed by atoms with Gasteiger partial charge in [-0.1, -0.05) is 32.4 Å². The van der Waals surface area contributed by atoms with Crippen molar-refractivity contribution >= 4 is 47.2 Å². The maximum atomic E-state index is 13.4. The number of unbranched alkanes of at least 4 members (excludes halogenated alkanes) is 2. The highest BCUT2D eigenvalue weighted by atomic mass is 16.7. The van der Waals surface area contributed by atoms with Crippen molar-refractivity contribution in [3.63, 3.8) is 0 Å². The van der Waals surface area contributed by atoms with Gasteiger partial charge in [-0.05, 0) is 67.5 Å². The van der Waals surface area contributed by atoms with Crippen LogP contribution in [0.4, 0.5) is 21.0 Å². The molecule has 0 aromatic heterocycles. The van der Waals surface area contributed by atoms with Gasteiger partial charge in [0.15, 0.2) is 0 Å². The van der Waals surface area contributed by atoms with Crippen molar-refractivity contribution in [2.75, 3.05) is 18.4 Å². The molecule has 0 spiro atoms. The van der Waals surface area contributed by atoms with Gasteiger partial charge in [0, 0.05) is 43.4 Å². The van der Waals surface area contributed by atoms with Crippen LogP contribution < -0.4 is 31.7 Å². The number of nitro groups is 1. The van der Waals surface area contributed by atoms with Gasteiger partial charge in [0.2, 0.25) is 23.6 Å². The number of benzene rings is 2. The molecule has 1 aliphatic rings. The van der Waals surface area contributed by atoms with Crippen molar-refractivity contribution in [2.24, 2.45) is 11.7 Å². The number of hydrogen-bond donors (Lipinski definition) is 6. The molecule has 1 aliphatic heterocycles. The number of aliphatic hydroxyl groups excluding tert-OH is 1. The molecule has 18 nitrogen and oxygen atoms in total. The van der Waals surface area contributed by atoms with Crippen LogP contribution in [0.3, 0.4) is 0 Å². The minimum absolute atomic E-state index is 0.0630. The maximum Gasteiger partial charge on any atom is 0.514 e. The molecule has 2 aromatic rings. The van der Waals surface area contributed by atoms with Crippen molar-refractivity contribution in [2.45, 2.75) is 77.3 Å². The van der Waals surface area contributed by atoms with E-state index in [9.17, 15) is 44.0 Å². The number of amides is 6. The number of anilines is 1. The second-order valence-corrected chi connectivity index (χ2v) is 12.5. The number of rotatable bonds is 20. The van der Waals surface area contributed by atoms with E-state index in [2.05, 4.69) is 21.3 Å². The average molecular weight is 740 g/mol. The Morgan fingerprint density at radius 1 is 0.962 bits per heavy atom. The molecule has 0 radical (unpaired) electrons. The SMILES string of the molecule is CC(C)[C@@H](NC(=O)CCCCCN1C(=O)C=CC1O)C(=O)N[C@@H](CCCNC(N)=O)C(=O)Nc1ccc(COC(=O)Oc2ccc([N+](=O)[O-])cc2)cc1. The van der Waals surface area contributed by atoms with Gasteiger partial charge in [-0.25, -0.2) is 9.59 Å². The molecule has 18 heteroatoms. The first-order chi connectivity index (χ1) is 25.2. The number of aliphatic hydroxyl groups is 1. The molecule has 53 heavy (non-hydrogen) atoms. The molecule has 1 unspecified atom stereocenters. The number of ether oxygens (including phenoxy) is 2. The predicted octanol–water partition coefficient (Wildman–Crippen LogP) is 2.60. The number of carbonyl (C=O) groups is 6. The number of nitro benzene ring substituents is 1. The second-order valence-electron chi connectivity index (χ2n) is 12.5. The van der Waals surface area contributed by atoms with E-state index in [0.29, 0.717) is 43.5 Å². The summed E-state index contributed by atoms with van der Waals surface area (Å²) in [6.45, 7) is 3.84. The smallest absolute Gasteiger partial charge is 0.429 e. The third-order valence-electron chi connectivity index (χ3n) is 8.01. The number of non-ortho nitro benzene ring substituents is 1. The largest absolute Gasteiger partial charge is 0.514 e. The van der Waals surface area contributed by atoms with Crippen LogP contribution in [0.5, 0.6) is 5.75 Å². The van der Waals surface area contributed by atoms with E-state index in [1.807, 2.05) is 0 Å². The van der Waals surface area contributed by atoms with E-state index in [0.717, 1.165) is 0 Å². The summed E-state index contributed by atoms with van der Waals surface area (Å²) in [5.41, 5.74) is 5.90. The Balaban J connectivity index is 1.52. The molecule has 286 valence electrons. The molecule has 0 fully saturated rings. The van der Waals surface area contributed by atoms with Crippen molar-refractivity contribution in [3.05, 3.63) is 76.4 Å². The van der Waals surface area contributed by atoms with Gasteiger partial charge in [-0.15, -0.1) is 0 Å². The van der Waals surface area contributed by atoms with E-state index < -0.39 is 47.2 Å². The van der Waals surface area contributed by atoms with Gasteiger partial charge in [-0.2, -0.15) is 0 Å². The first kappa shape index (κ1) is 41.4. The molecule has 2 aromatic carbocycles. The summed E-state index contributed by atoms with van der Waals surface area (Å²) in [6.07, 6.45) is 3.02. The van der Waals surface area contributed by atoms with Crippen LogP contribution in [0.1, 0.15) is 57.9 Å². The highest BCUT2D eigenvalue weighted by Gasteiger charge is 2.29. The van der Waals surface area contributed by atoms with Crippen molar-refractivity contribution < 1.29 is 48.3 Å². The number of nitrogens with two attached hydrogens (primary N) is 1. The quantitative estimate of drug-likeness (QED) is 0.0378. The lowest BCUT2D eigenvalue weighted by Gasteiger charge is -2.25. The summed E-state index contributed by atoms with van der Waals surface area (Å²) in [5, 5.41) is 31.2. The van der Waals surface area contributed by atoms with Crippen molar-refractivity contribution in [1.29, 1.82) is 0 Å².